The third-order valence-corrected chi connectivity index (χ3v) is 11.5. The quantitative estimate of drug-likeness (QED) is 0.583. The van der Waals surface area contributed by atoms with Crippen LogP contribution >= 0.6 is 0 Å². The van der Waals surface area contributed by atoms with Gasteiger partial charge in [-0.25, -0.2) is 0 Å². The molecule has 6 nitrogen and oxygen atoms in total. The number of benzene rings is 1. The van der Waals surface area contributed by atoms with Crippen LogP contribution in [0.2, 0.25) is 18.1 Å². The lowest BCUT2D eigenvalue weighted by Crippen LogP contribution is -2.60. The number of amides is 1. The Hall–Kier alpha value is -1.70. The normalized spacial score (nSPS) is 26.9. The van der Waals surface area contributed by atoms with Gasteiger partial charge in [0.1, 0.15) is 5.92 Å². The molecular formula is C22H33NO5Si. The van der Waals surface area contributed by atoms with E-state index in [9.17, 15) is 14.7 Å². The van der Waals surface area contributed by atoms with Crippen LogP contribution in [0.4, 0.5) is 5.69 Å². The average Bonchev–Trinajstić information content (AvgIpc) is 3.00. The second-order valence-corrected chi connectivity index (χ2v) is 14.5. The molecule has 2 aliphatic rings. The molecule has 2 aliphatic heterocycles. The highest BCUT2D eigenvalue weighted by Gasteiger charge is 2.57. The topological polar surface area (TPSA) is 76.1 Å². The highest BCUT2D eigenvalue weighted by molar-refractivity contribution is 6.74. The molecule has 0 bridgehead atoms. The van der Waals surface area contributed by atoms with E-state index in [1.54, 1.807) is 4.90 Å². The first kappa shape index (κ1) is 22.0. The minimum absolute atomic E-state index is 0.0659. The number of aliphatic hydroxyl groups is 1. The lowest BCUT2D eigenvalue weighted by Gasteiger charge is -2.45. The Balaban J connectivity index is 1.91. The summed E-state index contributed by atoms with van der Waals surface area (Å²) >= 11 is 0. The number of carbonyl (C=O) groups excluding carboxylic acids is 2. The first-order chi connectivity index (χ1) is 13.4. The number of fused-ring (bicyclic) bond motifs is 3. The second kappa shape index (κ2) is 7.52. The number of anilines is 1. The number of para-hydroxylation sites is 1. The van der Waals surface area contributed by atoms with Crippen molar-refractivity contribution in [3.8, 4) is 0 Å². The van der Waals surface area contributed by atoms with E-state index in [4.69, 9.17) is 9.16 Å². The molecule has 7 heteroatoms. The van der Waals surface area contributed by atoms with Crippen molar-refractivity contribution in [3.05, 3.63) is 29.8 Å². The molecule has 0 unspecified atom stereocenters. The largest absolute Gasteiger partial charge is 0.468 e. The monoisotopic (exact) mass is 419 g/mol. The standard InChI is InChI=1S/C22H33NO5Si/c1-21(2,3)29(5,6)28-14-13-22(26)12-11-17(24)23-16-10-8-7-9-15(16)18(19(22)23)20(25)27-4/h7-10,18-19,26H,11-14H2,1-6H3/t18-,19-,22-/m1/s1. The number of piperidine rings is 1. The highest BCUT2D eigenvalue weighted by Crippen LogP contribution is 2.50. The van der Waals surface area contributed by atoms with E-state index in [1.165, 1.54) is 7.11 Å². The summed E-state index contributed by atoms with van der Waals surface area (Å²) in [5, 5.41) is 11.8. The summed E-state index contributed by atoms with van der Waals surface area (Å²) in [7, 11) is -0.617. The van der Waals surface area contributed by atoms with Crippen LogP contribution in [0.5, 0.6) is 0 Å². The fraction of sp³-hybridized carbons (Fsp3) is 0.636. The lowest BCUT2D eigenvalue weighted by atomic mass is 9.76. The number of esters is 1. The van der Waals surface area contributed by atoms with Crippen LogP contribution in [0, 0.1) is 0 Å². The van der Waals surface area contributed by atoms with Gasteiger partial charge < -0.3 is 19.2 Å². The van der Waals surface area contributed by atoms with Crippen LogP contribution in [0.1, 0.15) is 51.5 Å². The summed E-state index contributed by atoms with van der Waals surface area (Å²) in [5.41, 5.74) is 0.221. The van der Waals surface area contributed by atoms with Crippen molar-refractivity contribution >= 4 is 25.9 Å². The van der Waals surface area contributed by atoms with Gasteiger partial charge in [-0.05, 0) is 36.2 Å². The van der Waals surface area contributed by atoms with Gasteiger partial charge in [0.05, 0.1) is 18.8 Å². The predicted octanol–water partition coefficient (Wildman–Crippen LogP) is 3.60. The summed E-state index contributed by atoms with van der Waals surface area (Å²) < 4.78 is 11.4. The molecular weight excluding hydrogens is 386 g/mol. The average molecular weight is 420 g/mol. The van der Waals surface area contributed by atoms with Gasteiger partial charge in [-0.1, -0.05) is 39.0 Å². The predicted molar refractivity (Wildman–Crippen MR) is 114 cm³/mol. The lowest BCUT2D eigenvalue weighted by molar-refractivity contribution is -0.146. The second-order valence-electron chi connectivity index (χ2n) is 9.73. The molecule has 0 aliphatic carbocycles. The van der Waals surface area contributed by atoms with Crippen molar-refractivity contribution in [1.29, 1.82) is 0 Å². The van der Waals surface area contributed by atoms with Crippen molar-refractivity contribution in [2.75, 3.05) is 18.6 Å². The fourth-order valence-electron chi connectivity index (χ4n) is 4.23. The third-order valence-electron chi connectivity index (χ3n) is 6.98. The van der Waals surface area contributed by atoms with Crippen LogP contribution in [-0.4, -0.2) is 50.7 Å². The van der Waals surface area contributed by atoms with Gasteiger partial charge in [0.25, 0.3) is 0 Å². The molecule has 1 amide bonds. The smallest absolute Gasteiger partial charge is 0.315 e. The molecule has 1 aromatic rings. The number of hydrogen-bond donors (Lipinski definition) is 1. The Morgan fingerprint density at radius 2 is 1.97 bits per heavy atom. The van der Waals surface area contributed by atoms with Crippen LogP contribution in [0.3, 0.4) is 0 Å². The maximum Gasteiger partial charge on any atom is 0.315 e. The Bertz CT molecular complexity index is 803. The maximum atomic E-state index is 12.8. The van der Waals surface area contributed by atoms with E-state index in [2.05, 4.69) is 33.9 Å². The van der Waals surface area contributed by atoms with E-state index >= 15 is 0 Å². The number of carbonyl (C=O) groups is 2. The summed E-state index contributed by atoms with van der Waals surface area (Å²) in [6.45, 7) is 11.3. The van der Waals surface area contributed by atoms with Crippen molar-refractivity contribution < 1.29 is 23.9 Å². The van der Waals surface area contributed by atoms with Crippen molar-refractivity contribution in [2.24, 2.45) is 0 Å². The first-order valence-corrected chi connectivity index (χ1v) is 13.2. The fourth-order valence-corrected chi connectivity index (χ4v) is 5.27. The van der Waals surface area contributed by atoms with E-state index in [-0.39, 0.29) is 17.4 Å². The number of rotatable bonds is 5. The van der Waals surface area contributed by atoms with Crippen LogP contribution < -0.4 is 4.90 Å². The summed E-state index contributed by atoms with van der Waals surface area (Å²) in [6, 6.07) is 6.70. The molecule has 1 aromatic carbocycles. The SMILES string of the molecule is COC(=O)[C@@H]1c2ccccc2N2C(=O)CC[C@@](O)(CCO[Si](C)(C)C(C)(C)C)[C@@H]12. The van der Waals surface area contributed by atoms with Crippen molar-refractivity contribution in [1.82, 2.24) is 0 Å². The van der Waals surface area contributed by atoms with E-state index in [1.807, 2.05) is 24.3 Å². The van der Waals surface area contributed by atoms with Gasteiger partial charge in [0, 0.05) is 25.1 Å². The third kappa shape index (κ3) is 3.76. The van der Waals surface area contributed by atoms with Crippen molar-refractivity contribution in [2.45, 2.75) is 75.7 Å². The highest BCUT2D eigenvalue weighted by atomic mass is 28.4. The van der Waals surface area contributed by atoms with Gasteiger partial charge in [0.15, 0.2) is 8.32 Å². The van der Waals surface area contributed by atoms with Gasteiger partial charge in [-0.3, -0.25) is 9.59 Å². The minimum Gasteiger partial charge on any atom is -0.468 e. The van der Waals surface area contributed by atoms with E-state index < -0.39 is 31.8 Å². The van der Waals surface area contributed by atoms with E-state index in [0.29, 0.717) is 25.1 Å². The summed E-state index contributed by atoms with van der Waals surface area (Å²) in [4.78, 5) is 27.1. The Kier molecular flexibility index (Phi) is 5.70. The molecule has 0 spiro atoms. The van der Waals surface area contributed by atoms with Crippen LogP contribution in [0.15, 0.2) is 24.3 Å². The van der Waals surface area contributed by atoms with Crippen LogP contribution in [0.25, 0.3) is 0 Å². The Morgan fingerprint density at radius 1 is 1.31 bits per heavy atom. The minimum atomic E-state index is -1.96. The molecule has 29 heavy (non-hydrogen) atoms. The molecule has 0 radical (unpaired) electrons. The zero-order valence-corrected chi connectivity index (χ0v) is 19.3. The Labute approximate surface area is 174 Å². The molecule has 1 saturated heterocycles. The first-order valence-electron chi connectivity index (χ1n) is 10.3. The van der Waals surface area contributed by atoms with Gasteiger partial charge >= 0.3 is 5.97 Å². The number of hydrogen-bond acceptors (Lipinski definition) is 5. The summed E-state index contributed by atoms with van der Waals surface area (Å²) in [6.07, 6.45) is 0.931. The molecule has 160 valence electrons. The zero-order chi connectivity index (χ0) is 21.6. The van der Waals surface area contributed by atoms with Gasteiger partial charge in [0.2, 0.25) is 5.91 Å². The molecule has 2 heterocycles. The number of nitrogens with zero attached hydrogens (tertiary/aromatic N) is 1. The molecule has 3 rings (SSSR count). The molecule has 0 saturated carbocycles. The van der Waals surface area contributed by atoms with E-state index in [0.717, 1.165) is 5.56 Å². The van der Waals surface area contributed by atoms with Crippen molar-refractivity contribution in [3.63, 3.8) is 0 Å². The summed E-state index contributed by atoms with van der Waals surface area (Å²) in [5.74, 6) is -1.19. The molecule has 0 aromatic heterocycles. The Morgan fingerprint density at radius 3 is 2.59 bits per heavy atom. The number of ether oxygens (including phenoxy) is 1. The molecule has 1 fully saturated rings. The van der Waals surface area contributed by atoms with Crippen LogP contribution in [-0.2, 0) is 18.8 Å². The van der Waals surface area contributed by atoms with Gasteiger partial charge in [-0.15, -0.1) is 0 Å². The van der Waals surface area contributed by atoms with Gasteiger partial charge in [-0.2, -0.15) is 0 Å². The molecule has 1 N–H and O–H groups in total. The number of methoxy groups -OCH3 is 1. The maximum absolute atomic E-state index is 12.8. The molecule has 3 atom stereocenters. The zero-order valence-electron chi connectivity index (χ0n) is 18.3.